The molecule has 4 aromatic carbocycles. The number of amides is 1. The van der Waals surface area contributed by atoms with E-state index in [1.807, 2.05) is 0 Å². The molecule has 1 aliphatic rings. The van der Waals surface area contributed by atoms with Gasteiger partial charge in [-0.2, -0.15) is 21.9 Å². The number of benzene rings is 4. The maximum absolute atomic E-state index is 12.3. The fourth-order valence-corrected chi connectivity index (χ4v) is 13.4. The summed E-state index contributed by atoms with van der Waals surface area (Å²) in [6.07, 6.45) is 7.85. The monoisotopic (exact) mass is 689 g/mol. The number of piperidine rings is 1. The van der Waals surface area contributed by atoms with Gasteiger partial charge in [0.25, 0.3) is 0 Å². The van der Waals surface area contributed by atoms with Crippen molar-refractivity contribution >= 4 is 53.5 Å². The number of likely N-dealkylation sites (tertiary alicyclic amines) is 1. The Labute approximate surface area is 268 Å². The first-order valence-electron chi connectivity index (χ1n) is 16.5. The molecule has 43 heavy (non-hydrogen) atoms. The molecule has 1 saturated heterocycles. The third kappa shape index (κ3) is 9.10. The predicted octanol–water partition coefficient (Wildman–Crippen LogP) is 7.16. The van der Waals surface area contributed by atoms with E-state index in [9.17, 15) is 4.79 Å². The molecule has 0 spiro atoms. The largest absolute Gasteiger partial charge is 0.195 e. The fraction of sp³-hybridized carbons (Fsp3) is 0.359. The summed E-state index contributed by atoms with van der Waals surface area (Å²) in [7, 11) is 0. The van der Waals surface area contributed by atoms with Crippen LogP contribution in [-0.4, -0.2) is 49.6 Å². The molecule has 5 rings (SSSR count). The number of nitrogens with zero attached hydrogens (tertiary/aromatic N) is 1. The van der Waals surface area contributed by atoms with Gasteiger partial charge in [0.15, 0.2) is 0 Å². The van der Waals surface area contributed by atoms with Crippen LogP contribution in [0.4, 0.5) is 0 Å². The molecule has 0 unspecified atom stereocenters. The minimum Gasteiger partial charge on any atom is -0.195 e. The van der Waals surface area contributed by atoms with Gasteiger partial charge < -0.3 is 0 Å². The van der Waals surface area contributed by atoms with Gasteiger partial charge in [-0.1, -0.05) is 121 Å². The van der Waals surface area contributed by atoms with Gasteiger partial charge >= 0.3 is 120 Å². The Morgan fingerprint density at radius 1 is 0.581 bits per heavy atom. The Morgan fingerprint density at radius 3 is 1.26 bits per heavy atom. The standard InChI is InChI=1S/C24H20B.C15H30NOTe/c1-5-13-21(14-6-1)25(22-15-7-2-8-16-22,23-17-9-3-10-18-23)24-19-11-4-12-20-24;1-3-5-12-18(13-6-4-2)14-15(17)16-10-8-7-9-11-16/h1-20H;3-14H2,1-2H3/q-1;+1. The number of hydrogen-bond acceptors (Lipinski definition) is 1. The molecule has 1 amide bonds. The van der Waals surface area contributed by atoms with Crippen molar-refractivity contribution in [3.05, 3.63) is 121 Å². The van der Waals surface area contributed by atoms with E-state index < -0.39 is 25.7 Å². The zero-order valence-electron chi connectivity index (χ0n) is 26.4. The first kappa shape index (κ1) is 33.1. The first-order chi connectivity index (χ1) is 21.2. The van der Waals surface area contributed by atoms with E-state index in [2.05, 4.69) is 140 Å². The van der Waals surface area contributed by atoms with Gasteiger partial charge in [0.2, 0.25) is 0 Å². The molecule has 1 fully saturated rings. The van der Waals surface area contributed by atoms with E-state index in [1.165, 1.54) is 75.7 Å². The van der Waals surface area contributed by atoms with Crippen LogP contribution in [0.25, 0.3) is 0 Å². The predicted molar refractivity (Wildman–Crippen MR) is 190 cm³/mol. The molecule has 226 valence electrons. The molecule has 0 atom stereocenters. The SMILES string of the molecule is CCCC[Te+](CCCC)CC(=O)N1CCCCC1.c1ccc([B-](c2ccccc2)(c2ccccc2)c2ccccc2)cc1. The van der Waals surface area contributed by atoms with Crippen LogP contribution >= 0.6 is 0 Å². The molecule has 1 heterocycles. The van der Waals surface area contributed by atoms with Gasteiger partial charge in [-0.25, -0.2) is 0 Å². The van der Waals surface area contributed by atoms with Crippen LogP contribution in [0.5, 0.6) is 0 Å². The van der Waals surface area contributed by atoms with Gasteiger partial charge in [0, 0.05) is 0 Å². The molecular formula is C39H50BNOTe. The quantitative estimate of drug-likeness (QED) is 0.145. The van der Waals surface area contributed by atoms with Crippen molar-refractivity contribution in [2.75, 3.05) is 13.1 Å². The third-order valence-electron chi connectivity index (χ3n) is 8.81. The van der Waals surface area contributed by atoms with Crippen molar-refractivity contribution in [1.82, 2.24) is 4.90 Å². The molecule has 0 aliphatic carbocycles. The topological polar surface area (TPSA) is 20.3 Å². The number of unbranched alkanes of at least 4 members (excludes halogenated alkanes) is 2. The van der Waals surface area contributed by atoms with E-state index in [4.69, 9.17) is 0 Å². The number of rotatable bonds is 12. The summed E-state index contributed by atoms with van der Waals surface area (Å²) in [5.41, 5.74) is 5.36. The Kier molecular flexibility index (Phi) is 13.9. The van der Waals surface area contributed by atoms with Crippen LogP contribution in [-0.2, 0) is 4.79 Å². The minimum atomic E-state index is -1.22. The second kappa shape index (κ2) is 18.1. The molecule has 4 heteroatoms. The van der Waals surface area contributed by atoms with Crippen molar-refractivity contribution in [2.45, 2.75) is 72.2 Å². The summed E-state index contributed by atoms with van der Waals surface area (Å²) in [5.74, 6) is 0.499. The molecule has 4 aromatic rings. The van der Waals surface area contributed by atoms with Gasteiger partial charge in [-0.05, 0) is 0 Å². The molecule has 2 nitrogen and oxygen atoms in total. The Morgan fingerprint density at radius 2 is 0.930 bits per heavy atom. The van der Waals surface area contributed by atoms with Crippen molar-refractivity contribution in [1.29, 1.82) is 0 Å². The molecular weight excluding hydrogens is 637 g/mol. The van der Waals surface area contributed by atoms with Crippen LogP contribution in [0.3, 0.4) is 0 Å². The van der Waals surface area contributed by atoms with Gasteiger partial charge in [0.05, 0.1) is 0 Å². The minimum absolute atomic E-state index is 0.499. The zero-order chi connectivity index (χ0) is 30.2. The second-order valence-electron chi connectivity index (χ2n) is 11.8. The van der Waals surface area contributed by atoms with Gasteiger partial charge in [0.1, 0.15) is 6.15 Å². The second-order valence-corrected chi connectivity index (χ2v) is 18.5. The smallest absolute Gasteiger partial charge is 0.108 e. The maximum atomic E-state index is 12.3. The number of carbonyl (C=O) groups excluding carboxylic acids is 1. The van der Waals surface area contributed by atoms with Crippen molar-refractivity contribution in [3.63, 3.8) is 0 Å². The fourth-order valence-electron chi connectivity index (χ4n) is 6.47. The number of carbonyl (C=O) groups is 1. The number of hydrogen-bond donors (Lipinski definition) is 0. The normalized spacial score (nSPS) is 13.3. The zero-order valence-corrected chi connectivity index (χ0v) is 28.7. The van der Waals surface area contributed by atoms with E-state index in [1.54, 1.807) is 0 Å². The Hall–Kier alpha value is -2.80. The summed E-state index contributed by atoms with van der Waals surface area (Å²) in [5, 5.41) is 0. The van der Waals surface area contributed by atoms with E-state index in [0.29, 0.717) is 5.91 Å². The van der Waals surface area contributed by atoms with E-state index >= 15 is 0 Å². The summed E-state index contributed by atoms with van der Waals surface area (Å²) in [6, 6.07) is 43.5. The Balaban J connectivity index is 0.000000209. The summed E-state index contributed by atoms with van der Waals surface area (Å²) in [6.45, 7) is 6.60. The third-order valence-corrected chi connectivity index (χ3v) is 15.6. The van der Waals surface area contributed by atoms with Crippen LogP contribution in [0.2, 0.25) is 13.4 Å². The average Bonchev–Trinajstić information content (AvgIpc) is 3.09. The van der Waals surface area contributed by atoms with Gasteiger partial charge in [-0.15, -0.1) is 0 Å². The maximum Gasteiger partial charge on any atom is 0.108 e. The molecule has 1 aliphatic heterocycles. The van der Waals surface area contributed by atoms with E-state index in [0.717, 1.165) is 17.6 Å². The van der Waals surface area contributed by atoms with Crippen LogP contribution in [0.1, 0.15) is 58.8 Å². The van der Waals surface area contributed by atoms with Crippen LogP contribution < -0.4 is 21.9 Å². The molecule has 0 aromatic heterocycles. The molecule has 0 bridgehead atoms. The van der Waals surface area contributed by atoms with Crippen LogP contribution in [0, 0.1) is 0 Å². The van der Waals surface area contributed by atoms with Crippen molar-refractivity contribution in [2.24, 2.45) is 0 Å². The molecule has 0 N–H and O–H groups in total. The summed E-state index contributed by atoms with van der Waals surface area (Å²) >= 11 is -1.11. The molecule has 0 saturated carbocycles. The van der Waals surface area contributed by atoms with Crippen molar-refractivity contribution in [3.8, 4) is 0 Å². The average molecular weight is 687 g/mol. The first-order valence-corrected chi connectivity index (χ1v) is 21.4. The van der Waals surface area contributed by atoms with E-state index in [-0.39, 0.29) is 0 Å². The molecule has 0 radical (unpaired) electrons. The van der Waals surface area contributed by atoms with Crippen molar-refractivity contribution < 1.29 is 4.79 Å². The summed E-state index contributed by atoms with van der Waals surface area (Å²) in [4.78, 5) is 14.5. The van der Waals surface area contributed by atoms with Gasteiger partial charge in [-0.3, -0.25) is 0 Å². The Bertz CT molecular complexity index is 1140. The summed E-state index contributed by atoms with van der Waals surface area (Å²) < 4.78 is 3.81. The van der Waals surface area contributed by atoms with Crippen LogP contribution in [0.15, 0.2) is 121 Å².